The van der Waals surface area contributed by atoms with Gasteiger partial charge in [0.2, 0.25) is 5.79 Å². The Hall–Kier alpha value is -1.35. The van der Waals surface area contributed by atoms with Gasteiger partial charge in [-0.2, -0.15) is 0 Å². The summed E-state index contributed by atoms with van der Waals surface area (Å²) in [6, 6.07) is 0. The largest absolute Gasteiger partial charge is 0.462 e. The minimum absolute atomic E-state index is 0.0319. The van der Waals surface area contributed by atoms with Gasteiger partial charge in [-0.1, -0.05) is 13.8 Å². The van der Waals surface area contributed by atoms with Crippen molar-refractivity contribution < 1.29 is 39.2 Å². The molecular formula is C25H36O8. The van der Waals surface area contributed by atoms with Crippen molar-refractivity contribution in [1.29, 1.82) is 0 Å². The first kappa shape index (κ1) is 23.4. The Labute approximate surface area is 194 Å². The molecule has 4 aliphatic carbocycles. The van der Waals surface area contributed by atoms with Crippen molar-refractivity contribution in [2.24, 2.45) is 39.9 Å². The van der Waals surface area contributed by atoms with Crippen molar-refractivity contribution in [2.45, 2.75) is 90.3 Å². The number of rotatable bonds is 4. The number of hydrogen-bond donors (Lipinski definition) is 3. The molecule has 0 amide bonds. The second-order valence-electron chi connectivity index (χ2n) is 12.0. The molecule has 4 saturated carbocycles. The van der Waals surface area contributed by atoms with Gasteiger partial charge >= 0.3 is 5.97 Å². The zero-order valence-electron chi connectivity index (χ0n) is 19.9. The molecule has 6 fully saturated rings. The van der Waals surface area contributed by atoms with Crippen LogP contribution in [0, 0.1) is 39.9 Å². The molecule has 10 atom stereocenters. The van der Waals surface area contributed by atoms with Crippen molar-refractivity contribution in [1.82, 2.24) is 0 Å². The zero-order valence-corrected chi connectivity index (χ0v) is 19.9. The van der Waals surface area contributed by atoms with E-state index in [0.717, 1.165) is 0 Å². The SMILES string of the molecule is CC(=O)CC[C@H]1C(=O)[C@]23[C@H](O)[C@H]1CC[C@H]2[C@@]12CO[C@]3(O)[C@@H](O)[C@@H]1C(C)(C)CC[C@@H]2OC(C)=O. The fraction of sp³-hybridized carbons (Fsp3) is 0.880. The highest BCUT2D eigenvalue weighted by Crippen LogP contribution is 2.77. The standard InChI is InChI=1S/C25H36O8/c1-12(26)5-6-14-15-7-8-16-23-11-32-25(31,24(16,19(14)28)20(15)29)21(30)18(23)22(3,4)10-9-17(23)33-13(2)27/h14-18,20-21,29-31H,5-11H2,1-4H3/t14-,15+,16+,17+,18-,20-,21+,23-,24+,25-/m1/s1. The number of Topliss-reactive ketones (excluding diaryl/α,β-unsaturated/α-hetero) is 2. The van der Waals surface area contributed by atoms with Gasteiger partial charge < -0.3 is 29.6 Å². The lowest BCUT2D eigenvalue weighted by Crippen LogP contribution is -2.85. The number of ether oxygens (including phenoxy) is 2. The topological polar surface area (TPSA) is 130 Å². The molecule has 2 aliphatic heterocycles. The lowest BCUT2D eigenvalue weighted by Gasteiger charge is -2.74. The fourth-order valence-corrected chi connectivity index (χ4v) is 9.14. The van der Waals surface area contributed by atoms with Crippen LogP contribution in [0.3, 0.4) is 0 Å². The Kier molecular flexibility index (Phi) is 5.03. The van der Waals surface area contributed by atoms with Crippen LogP contribution in [-0.4, -0.2) is 63.6 Å². The van der Waals surface area contributed by atoms with Gasteiger partial charge in [-0.15, -0.1) is 0 Å². The maximum atomic E-state index is 14.1. The van der Waals surface area contributed by atoms with E-state index in [2.05, 4.69) is 0 Å². The monoisotopic (exact) mass is 464 g/mol. The number of fused-ring (bicyclic) bond motifs is 2. The summed E-state index contributed by atoms with van der Waals surface area (Å²) in [5, 5.41) is 35.3. The quantitative estimate of drug-likeness (QED) is 0.532. The lowest BCUT2D eigenvalue weighted by molar-refractivity contribution is -0.458. The van der Waals surface area contributed by atoms with Crippen LogP contribution in [0.1, 0.15) is 66.2 Å². The number of carbonyl (C=O) groups is 3. The number of aliphatic hydroxyl groups is 3. The first-order valence-corrected chi connectivity index (χ1v) is 12.3. The fourth-order valence-electron chi connectivity index (χ4n) is 9.14. The van der Waals surface area contributed by atoms with Gasteiger partial charge in [-0.25, -0.2) is 0 Å². The molecule has 2 saturated heterocycles. The highest BCUT2D eigenvalue weighted by molar-refractivity contribution is 5.93. The third-order valence-corrected chi connectivity index (χ3v) is 10.2. The molecule has 33 heavy (non-hydrogen) atoms. The summed E-state index contributed by atoms with van der Waals surface area (Å²) >= 11 is 0. The van der Waals surface area contributed by atoms with Gasteiger partial charge in [0.1, 0.15) is 23.4 Å². The normalized spacial score (nSPS) is 51.6. The van der Waals surface area contributed by atoms with Crippen LogP contribution in [0.15, 0.2) is 0 Å². The maximum absolute atomic E-state index is 14.1. The third kappa shape index (κ3) is 2.59. The Balaban J connectivity index is 1.69. The summed E-state index contributed by atoms with van der Waals surface area (Å²) in [5.74, 6) is -4.94. The molecule has 8 heteroatoms. The Morgan fingerprint density at radius 3 is 2.45 bits per heavy atom. The number of aliphatic hydroxyl groups excluding tert-OH is 2. The molecule has 3 N–H and O–H groups in total. The van der Waals surface area contributed by atoms with E-state index in [9.17, 15) is 29.7 Å². The van der Waals surface area contributed by atoms with Gasteiger partial charge in [-0.05, 0) is 56.3 Å². The van der Waals surface area contributed by atoms with Gasteiger partial charge in [0.05, 0.1) is 12.7 Å². The van der Waals surface area contributed by atoms with Crippen molar-refractivity contribution >= 4 is 17.5 Å². The first-order valence-electron chi connectivity index (χ1n) is 12.3. The third-order valence-electron chi connectivity index (χ3n) is 10.2. The van der Waals surface area contributed by atoms with E-state index in [1.54, 1.807) is 0 Å². The van der Waals surface area contributed by atoms with Crippen molar-refractivity contribution in [3.05, 3.63) is 0 Å². The summed E-state index contributed by atoms with van der Waals surface area (Å²) in [6.45, 7) is 6.96. The minimum atomic E-state index is -2.22. The highest BCUT2D eigenvalue weighted by Gasteiger charge is 2.87. The average molecular weight is 465 g/mol. The summed E-state index contributed by atoms with van der Waals surface area (Å²) in [5.41, 5.74) is -2.99. The maximum Gasteiger partial charge on any atom is 0.302 e. The van der Waals surface area contributed by atoms with Crippen LogP contribution >= 0.6 is 0 Å². The molecule has 4 bridgehead atoms. The van der Waals surface area contributed by atoms with Crippen LogP contribution in [0.25, 0.3) is 0 Å². The van der Waals surface area contributed by atoms with Crippen LogP contribution in [-0.2, 0) is 23.9 Å². The molecular weight excluding hydrogens is 428 g/mol. The molecule has 2 heterocycles. The molecule has 8 nitrogen and oxygen atoms in total. The number of carbonyl (C=O) groups excluding carboxylic acids is 3. The molecule has 0 aromatic heterocycles. The summed E-state index contributed by atoms with van der Waals surface area (Å²) < 4.78 is 11.8. The van der Waals surface area contributed by atoms with Gasteiger partial charge in [0.25, 0.3) is 0 Å². The summed E-state index contributed by atoms with van der Waals surface area (Å²) in [7, 11) is 0. The summed E-state index contributed by atoms with van der Waals surface area (Å²) in [6.07, 6.45) is -0.271. The van der Waals surface area contributed by atoms with Crippen molar-refractivity contribution in [2.75, 3.05) is 6.61 Å². The summed E-state index contributed by atoms with van der Waals surface area (Å²) in [4.78, 5) is 37.9. The zero-order chi connectivity index (χ0) is 24.1. The van der Waals surface area contributed by atoms with Crippen LogP contribution in [0.4, 0.5) is 0 Å². The van der Waals surface area contributed by atoms with E-state index >= 15 is 0 Å². The molecule has 0 radical (unpaired) electrons. The number of hydrogen-bond acceptors (Lipinski definition) is 8. The number of ketones is 2. The second kappa shape index (κ2) is 7.09. The molecule has 6 aliphatic rings. The molecule has 0 unspecified atom stereocenters. The molecule has 0 aromatic carbocycles. The lowest BCUT2D eigenvalue weighted by atomic mass is 9.35. The van der Waals surface area contributed by atoms with Gasteiger partial charge in [0, 0.05) is 30.6 Å². The number of esters is 1. The highest BCUT2D eigenvalue weighted by atomic mass is 16.6. The second-order valence-corrected chi connectivity index (χ2v) is 12.0. The molecule has 2 spiro atoms. The average Bonchev–Trinajstić information content (AvgIpc) is 2.83. The van der Waals surface area contributed by atoms with E-state index in [1.807, 2.05) is 13.8 Å². The van der Waals surface area contributed by atoms with E-state index < -0.39 is 70.0 Å². The Morgan fingerprint density at radius 2 is 1.82 bits per heavy atom. The van der Waals surface area contributed by atoms with E-state index in [1.165, 1.54) is 13.8 Å². The van der Waals surface area contributed by atoms with Gasteiger partial charge in [-0.3, -0.25) is 9.59 Å². The smallest absolute Gasteiger partial charge is 0.302 e. The Bertz CT molecular complexity index is 899. The minimum Gasteiger partial charge on any atom is -0.462 e. The van der Waals surface area contributed by atoms with E-state index in [-0.39, 0.29) is 24.6 Å². The van der Waals surface area contributed by atoms with E-state index in [4.69, 9.17) is 9.47 Å². The van der Waals surface area contributed by atoms with E-state index in [0.29, 0.717) is 32.1 Å². The van der Waals surface area contributed by atoms with Crippen LogP contribution in [0.2, 0.25) is 0 Å². The molecule has 6 rings (SSSR count). The predicted octanol–water partition coefficient (Wildman–Crippen LogP) is 1.38. The first-order chi connectivity index (χ1) is 15.4. The van der Waals surface area contributed by atoms with Crippen LogP contribution < -0.4 is 0 Å². The Morgan fingerprint density at radius 1 is 1.12 bits per heavy atom. The van der Waals surface area contributed by atoms with Gasteiger partial charge in [0.15, 0.2) is 5.78 Å². The van der Waals surface area contributed by atoms with Crippen molar-refractivity contribution in [3.63, 3.8) is 0 Å². The van der Waals surface area contributed by atoms with Crippen molar-refractivity contribution in [3.8, 4) is 0 Å². The molecule has 184 valence electrons. The predicted molar refractivity (Wildman–Crippen MR) is 114 cm³/mol. The molecule has 0 aromatic rings. The van der Waals surface area contributed by atoms with Crippen LogP contribution in [0.5, 0.6) is 0 Å².